The molecule has 0 fully saturated rings. The van der Waals surface area contributed by atoms with Gasteiger partial charge < -0.3 is 10.3 Å². The molecule has 2 rings (SSSR count). The summed E-state index contributed by atoms with van der Waals surface area (Å²) >= 11 is 1.70. The van der Waals surface area contributed by atoms with Crippen LogP contribution < -0.4 is 5.73 Å². The Balaban J connectivity index is 2.04. The van der Waals surface area contributed by atoms with Crippen LogP contribution in [0.25, 0.3) is 0 Å². The summed E-state index contributed by atoms with van der Waals surface area (Å²) in [6.07, 6.45) is 4.66. The van der Waals surface area contributed by atoms with E-state index in [4.69, 9.17) is 5.73 Å². The Morgan fingerprint density at radius 2 is 2.22 bits per heavy atom. The van der Waals surface area contributed by atoms with Gasteiger partial charge in [0.15, 0.2) is 0 Å². The number of hydrogen-bond acceptors (Lipinski definition) is 4. The minimum atomic E-state index is 0.0460. The lowest BCUT2D eigenvalue weighted by molar-refractivity contribution is 0.477. The van der Waals surface area contributed by atoms with Gasteiger partial charge in [0.2, 0.25) is 0 Å². The molecule has 2 N–H and O–H groups in total. The Hall–Kier alpha value is -1.20. The van der Waals surface area contributed by atoms with Crippen LogP contribution in [0, 0.1) is 12.8 Å². The number of aryl methyl sites for hydroxylation is 3. The highest BCUT2D eigenvalue weighted by Gasteiger charge is 2.15. The molecule has 0 amide bonds. The van der Waals surface area contributed by atoms with Crippen LogP contribution in [-0.4, -0.2) is 14.5 Å². The average molecular weight is 264 g/mol. The van der Waals surface area contributed by atoms with Crippen molar-refractivity contribution in [1.29, 1.82) is 0 Å². The third-order valence-corrected chi connectivity index (χ3v) is 3.90. The molecule has 0 aliphatic carbocycles. The van der Waals surface area contributed by atoms with Crippen LogP contribution >= 0.6 is 11.3 Å². The van der Waals surface area contributed by atoms with E-state index in [1.165, 1.54) is 0 Å². The predicted molar refractivity (Wildman–Crippen MR) is 74.5 cm³/mol. The topological polar surface area (TPSA) is 56.7 Å². The van der Waals surface area contributed by atoms with E-state index in [-0.39, 0.29) is 6.04 Å². The highest BCUT2D eigenvalue weighted by molar-refractivity contribution is 7.09. The van der Waals surface area contributed by atoms with Gasteiger partial charge in [-0.25, -0.2) is 9.97 Å². The van der Waals surface area contributed by atoms with Crippen molar-refractivity contribution < 1.29 is 0 Å². The maximum absolute atomic E-state index is 6.18. The summed E-state index contributed by atoms with van der Waals surface area (Å²) in [6.45, 7) is 7.18. The fraction of sp³-hybridized carbons (Fsp3) is 0.538. The number of aromatic nitrogens is 3. The molecule has 1 unspecified atom stereocenters. The molecule has 0 radical (unpaired) electrons. The van der Waals surface area contributed by atoms with Crippen LogP contribution in [-0.2, 0) is 13.0 Å². The second-order valence-corrected chi connectivity index (χ2v) is 5.95. The summed E-state index contributed by atoms with van der Waals surface area (Å²) in [5, 5.41) is 3.24. The molecule has 2 aromatic rings. The van der Waals surface area contributed by atoms with Crippen LogP contribution in [0.3, 0.4) is 0 Å². The Kier molecular flexibility index (Phi) is 4.14. The molecule has 2 heterocycles. The molecular formula is C13H20N4S. The minimum absolute atomic E-state index is 0.0460. The van der Waals surface area contributed by atoms with Crippen LogP contribution in [0.1, 0.15) is 36.3 Å². The van der Waals surface area contributed by atoms with Crippen molar-refractivity contribution in [1.82, 2.24) is 14.5 Å². The summed E-state index contributed by atoms with van der Waals surface area (Å²) in [5.41, 5.74) is 8.44. The van der Waals surface area contributed by atoms with E-state index in [1.807, 2.05) is 19.4 Å². The Morgan fingerprint density at radius 3 is 2.83 bits per heavy atom. The molecule has 0 bridgehead atoms. The predicted octanol–water partition coefficient (Wildman–Crippen LogP) is 2.55. The molecule has 2 aromatic heterocycles. The maximum Gasteiger partial charge on any atom is 0.0948 e. The molecule has 0 aliphatic rings. The van der Waals surface area contributed by atoms with E-state index in [9.17, 15) is 0 Å². The van der Waals surface area contributed by atoms with Gasteiger partial charge in [-0.05, 0) is 12.8 Å². The molecule has 98 valence electrons. The molecule has 0 aliphatic heterocycles. The second kappa shape index (κ2) is 5.63. The van der Waals surface area contributed by atoms with Crippen molar-refractivity contribution in [3.8, 4) is 0 Å². The summed E-state index contributed by atoms with van der Waals surface area (Å²) < 4.78 is 2.14. The standard InChI is InChI=1S/C13H20N4S/c1-9(2)13(14)12-6-15-8-17(12)5-4-11-7-18-10(3)16-11/h6-9,13H,4-5,14H2,1-3H3. The van der Waals surface area contributed by atoms with Crippen LogP contribution in [0.2, 0.25) is 0 Å². The number of imidazole rings is 1. The van der Waals surface area contributed by atoms with Crippen LogP contribution in [0.4, 0.5) is 0 Å². The Morgan fingerprint density at radius 1 is 1.44 bits per heavy atom. The van der Waals surface area contributed by atoms with E-state index in [1.54, 1.807) is 11.3 Å². The van der Waals surface area contributed by atoms with Gasteiger partial charge in [-0.3, -0.25) is 0 Å². The van der Waals surface area contributed by atoms with Crippen molar-refractivity contribution in [3.05, 3.63) is 34.3 Å². The first-order valence-electron chi connectivity index (χ1n) is 6.24. The largest absolute Gasteiger partial charge is 0.333 e. The highest BCUT2D eigenvalue weighted by Crippen LogP contribution is 2.19. The Bertz CT molecular complexity index is 501. The smallest absolute Gasteiger partial charge is 0.0948 e. The van der Waals surface area contributed by atoms with Crippen molar-refractivity contribution in [2.45, 2.75) is 39.8 Å². The fourth-order valence-electron chi connectivity index (χ4n) is 1.89. The van der Waals surface area contributed by atoms with Gasteiger partial charge in [-0.1, -0.05) is 13.8 Å². The molecule has 0 saturated carbocycles. The zero-order chi connectivity index (χ0) is 13.1. The second-order valence-electron chi connectivity index (χ2n) is 4.89. The summed E-state index contributed by atoms with van der Waals surface area (Å²) in [6, 6.07) is 0.0460. The molecule has 18 heavy (non-hydrogen) atoms. The van der Waals surface area contributed by atoms with Crippen molar-refractivity contribution in [2.75, 3.05) is 0 Å². The molecule has 0 spiro atoms. The molecule has 1 atom stereocenters. The van der Waals surface area contributed by atoms with Gasteiger partial charge in [-0.2, -0.15) is 0 Å². The SMILES string of the molecule is Cc1nc(CCn2cncc2C(N)C(C)C)cs1. The quantitative estimate of drug-likeness (QED) is 0.903. The summed E-state index contributed by atoms with van der Waals surface area (Å²) in [4.78, 5) is 8.68. The Labute approximate surface area is 112 Å². The van der Waals surface area contributed by atoms with E-state index in [0.717, 1.165) is 29.4 Å². The van der Waals surface area contributed by atoms with Crippen molar-refractivity contribution >= 4 is 11.3 Å². The van der Waals surface area contributed by atoms with Gasteiger partial charge in [0.05, 0.1) is 22.7 Å². The van der Waals surface area contributed by atoms with Gasteiger partial charge in [-0.15, -0.1) is 11.3 Å². The fourth-order valence-corrected chi connectivity index (χ4v) is 2.54. The van der Waals surface area contributed by atoms with E-state index in [0.29, 0.717) is 5.92 Å². The first kappa shape index (κ1) is 13.2. The van der Waals surface area contributed by atoms with E-state index < -0.39 is 0 Å². The lowest BCUT2D eigenvalue weighted by Gasteiger charge is -2.17. The average Bonchev–Trinajstić information content (AvgIpc) is 2.93. The molecule has 0 aromatic carbocycles. The molecule has 5 heteroatoms. The lowest BCUT2D eigenvalue weighted by atomic mass is 10.0. The lowest BCUT2D eigenvalue weighted by Crippen LogP contribution is -2.20. The minimum Gasteiger partial charge on any atom is -0.333 e. The van der Waals surface area contributed by atoms with Crippen molar-refractivity contribution in [3.63, 3.8) is 0 Å². The first-order chi connectivity index (χ1) is 8.58. The number of thiazole rings is 1. The van der Waals surface area contributed by atoms with Crippen LogP contribution in [0.5, 0.6) is 0 Å². The number of nitrogens with zero attached hydrogens (tertiary/aromatic N) is 3. The summed E-state index contributed by atoms with van der Waals surface area (Å²) in [5.74, 6) is 0.418. The van der Waals surface area contributed by atoms with E-state index >= 15 is 0 Å². The third kappa shape index (κ3) is 2.97. The van der Waals surface area contributed by atoms with Crippen LogP contribution in [0.15, 0.2) is 17.9 Å². The van der Waals surface area contributed by atoms with Gasteiger partial charge >= 0.3 is 0 Å². The third-order valence-electron chi connectivity index (χ3n) is 3.08. The zero-order valence-corrected chi connectivity index (χ0v) is 11.9. The van der Waals surface area contributed by atoms with Gasteiger partial charge in [0.25, 0.3) is 0 Å². The van der Waals surface area contributed by atoms with E-state index in [2.05, 4.69) is 33.8 Å². The normalized spacial score (nSPS) is 13.2. The van der Waals surface area contributed by atoms with Gasteiger partial charge in [0, 0.05) is 30.6 Å². The zero-order valence-electron chi connectivity index (χ0n) is 11.1. The number of hydrogen-bond donors (Lipinski definition) is 1. The molecule has 0 saturated heterocycles. The highest BCUT2D eigenvalue weighted by atomic mass is 32.1. The number of nitrogens with two attached hydrogens (primary N) is 1. The number of rotatable bonds is 5. The molecular weight excluding hydrogens is 244 g/mol. The molecule has 4 nitrogen and oxygen atoms in total. The van der Waals surface area contributed by atoms with Gasteiger partial charge in [0.1, 0.15) is 0 Å². The van der Waals surface area contributed by atoms with Crippen molar-refractivity contribution in [2.24, 2.45) is 11.7 Å². The monoisotopic (exact) mass is 264 g/mol. The maximum atomic E-state index is 6.18. The first-order valence-corrected chi connectivity index (χ1v) is 7.12. The summed E-state index contributed by atoms with van der Waals surface area (Å²) in [7, 11) is 0.